The first-order valence-electron chi connectivity index (χ1n) is 6.39. The Hall–Kier alpha value is -3.15. The molecular weight excluding hydrogens is 287 g/mol. The number of benzene rings is 2. The number of Topliss-reactive ketones (excluding diaryl/α,β-unsaturated/α-hetero) is 1. The summed E-state index contributed by atoms with van der Waals surface area (Å²) in [4.78, 5) is 35.9. The number of amides is 2. The number of imide groups is 1. The fourth-order valence-corrected chi connectivity index (χ4v) is 2.08. The summed E-state index contributed by atoms with van der Waals surface area (Å²) in [6, 6.07) is 11.2. The highest BCUT2D eigenvalue weighted by atomic mass is 19.1. The molecule has 0 saturated heterocycles. The molecule has 3 rings (SSSR count). The lowest BCUT2D eigenvalue weighted by Crippen LogP contribution is -2.24. The highest BCUT2D eigenvalue weighted by molar-refractivity contribution is 6.35. The molecule has 2 amide bonds. The van der Waals surface area contributed by atoms with E-state index in [4.69, 9.17) is 0 Å². The topological polar surface area (TPSA) is 66.8 Å². The van der Waals surface area contributed by atoms with E-state index >= 15 is 0 Å². The van der Waals surface area contributed by atoms with Gasteiger partial charge in [0.1, 0.15) is 5.82 Å². The molecule has 0 fully saturated rings. The number of halogens is 1. The van der Waals surface area contributed by atoms with Crippen molar-refractivity contribution in [2.45, 2.75) is 0 Å². The van der Waals surface area contributed by atoms with E-state index in [1.807, 2.05) is 0 Å². The molecule has 0 radical (unpaired) electrons. The van der Waals surface area contributed by atoms with E-state index in [-0.39, 0.29) is 16.7 Å². The van der Waals surface area contributed by atoms with Gasteiger partial charge in [-0.25, -0.2) is 4.39 Å². The van der Waals surface area contributed by atoms with Gasteiger partial charge in [-0.1, -0.05) is 12.1 Å². The Morgan fingerprint density at radius 1 is 0.955 bits per heavy atom. The van der Waals surface area contributed by atoms with Crippen molar-refractivity contribution >= 4 is 23.8 Å². The van der Waals surface area contributed by atoms with Gasteiger partial charge in [0.25, 0.3) is 11.8 Å². The monoisotopic (exact) mass is 296 g/mol. The fourth-order valence-electron chi connectivity index (χ4n) is 2.08. The van der Waals surface area contributed by atoms with Crippen molar-refractivity contribution in [1.82, 2.24) is 5.01 Å². The SMILES string of the molecule is O=C(/C=N/N1C(=O)c2ccccc2C1=O)c1ccc(F)cc1. The van der Waals surface area contributed by atoms with Gasteiger partial charge in [-0.15, -0.1) is 0 Å². The Kier molecular flexibility index (Phi) is 3.34. The molecule has 108 valence electrons. The molecule has 6 heteroatoms. The van der Waals surface area contributed by atoms with Gasteiger partial charge < -0.3 is 0 Å². The summed E-state index contributed by atoms with van der Waals surface area (Å²) in [5.41, 5.74) is 0.708. The second-order valence-electron chi connectivity index (χ2n) is 4.58. The number of nitrogens with zero attached hydrogens (tertiary/aromatic N) is 2. The third kappa shape index (κ3) is 2.31. The third-order valence-electron chi connectivity index (χ3n) is 3.19. The maximum absolute atomic E-state index is 12.8. The number of hydrazone groups is 1. The van der Waals surface area contributed by atoms with Crippen molar-refractivity contribution in [1.29, 1.82) is 0 Å². The Bertz CT molecular complexity index is 777. The molecule has 0 unspecified atom stereocenters. The molecule has 0 N–H and O–H groups in total. The van der Waals surface area contributed by atoms with Crippen LogP contribution in [0.25, 0.3) is 0 Å². The zero-order chi connectivity index (χ0) is 15.7. The summed E-state index contributed by atoms with van der Waals surface area (Å²) in [6.07, 6.45) is 0.870. The van der Waals surface area contributed by atoms with Crippen LogP contribution in [-0.4, -0.2) is 28.8 Å². The van der Waals surface area contributed by atoms with Crippen molar-refractivity contribution in [2.75, 3.05) is 0 Å². The molecule has 22 heavy (non-hydrogen) atoms. The van der Waals surface area contributed by atoms with Crippen LogP contribution in [-0.2, 0) is 0 Å². The van der Waals surface area contributed by atoms with Crippen LogP contribution in [0.4, 0.5) is 4.39 Å². The number of rotatable bonds is 3. The number of hydrogen-bond acceptors (Lipinski definition) is 4. The zero-order valence-electron chi connectivity index (χ0n) is 11.2. The highest BCUT2D eigenvalue weighted by Crippen LogP contribution is 2.22. The molecule has 0 bridgehead atoms. The Balaban J connectivity index is 1.82. The molecule has 1 heterocycles. The number of ketones is 1. The molecule has 0 spiro atoms. The van der Waals surface area contributed by atoms with Crippen molar-refractivity contribution in [3.05, 3.63) is 71.0 Å². The fraction of sp³-hybridized carbons (Fsp3) is 0. The van der Waals surface area contributed by atoms with Crippen LogP contribution in [0.3, 0.4) is 0 Å². The highest BCUT2D eigenvalue weighted by Gasteiger charge is 2.35. The molecule has 1 aliphatic heterocycles. The van der Waals surface area contributed by atoms with Crippen LogP contribution in [0.15, 0.2) is 53.6 Å². The van der Waals surface area contributed by atoms with E-state index in [2.05, 4.69) is 5.10 Å². The Labute approximate surface area is 124 Å². The first-order chi connectivity index (χ1) is 10.6. The number of carbonyl (C=O) groups is 3. The van der Waals surface area contributed by atoms with Crippen LogP contribution in [0, 0.1) is 5.82 Å². The molecule has 2 aromatic rings. The minimum absolute atomic E-state index is 0.210. The summed E-state index contributed by atoms with van der Waals surface area (Å²) in [6.45, 7) is 0. The molecule has 5 nitrogen and oxygen atoms in total. The van der Waals surface area contributed by atoms with Gasteiger partial charge in [0.15, 0.2) is 0 Å². The van der Waals surface area contributed by atoms with Crippen molar-refractivity contribution in [3.8, 4) is 0 Å². The van der Waals surface area contributed by atoms with E-state index < -0.39 is 23.4 Å². The van der Waals surface area contributed by atoms with Gasteiger partial charge in [0.05, 0.1) is 17.3 Å². The van der Waals surface area contributed by atoms with E-state index in [0.29, 0.717) is 5.01 Å². The largest absolute Gasteiger partial charge is 0.287 e. The standard InChI is InChI=1S/C16H9FN2O3/c17-11-7-5-10(6-8-11)14(20)9-18-19-15(21)12-3-1-2-4-13(12)16(19)22/h1-9H/b18-9+. The maximum Gasteiger partial charge on any atom is 0.282 e. The van der Waals surface area contributed by atoms with Gasteiger partial charge in [-0.3, -0.25) is 14.4 Å². The first kappa shape index (κ1) is 13.8. The summed E-state index contributed by atoms with van der Waals surface area (Å²) < 4.78 is 12.8. The number of fused-ring (bicyclic) bond motifs is 1. The minimum atomic E-state index is -0.580. The van der Waals surface area contributed by atoms with Crippen LogP contribution < -0.4 is 0 Å². The summed E-state index contributed by atoms with van der Waals surface area (Å²) in [5, 5.41) is 4.31. The van der Waals surface area contributed by atoms with Crippen LogP contribution >= 0.6 is 0 Å². The smallest absolute Gasteiger partial charge is 0.282 e. The first-order valence-corrected chi connectivity index (χ1v) is 6.39. The molecular formula is C16H9FN2O3. The van der Waals surface area contributed by atoms with Gasteiger partial charge >= 0.3 is 0 Å². The van der Waals surface area contributed by atoms with Gasteiger partial charge in [-0.2, -0.15) is 10.1 Å². The van der Waals surface area contributed by atoms with Gasteiger partial charge in [0, 0.05) is 5.56 Å². The Morgan fingerprint density at radius 3 is 2.05 bits per heavy atom. The molecule has 0 aliphatic carbocycles. The second kappa shape index (κ2) is 5.33. The molecule has 0 atom stereocenters. The summed E-state index contributed by atoms with van der Waals surface area (Å²) in [7, 11) is 0. The average molecular weight is 296 g/mol. The predicted molar refractivity (Wildman–Crippen MR) is 76.2 cm³/mol. The van der Waals surface area contributed by atoms with E-state index in [0.717, 1.165) is 18.3 Å². The minimum Gasteiger partial charge on any atom is -0.287 e. The van der Waals surface area contributed by atoms with Crippen molar-refractivity contribution < 1.29 is 18.8 Å². The average Bonchev–Trinajstić information content (AvgIpc) is 2.78. The zero-order valence-corrected chi connectivity index (χ0v) is 11.2. The molecule has 1 aliphatic rings. The lowest BCUT2D eigenvalue weighted by molar-refractivity contribution is 0.0660. The predicted octanol–water partition coefficient (Wildman–Crippen LogP) is 2.29. The van der Waals surface area contributed by atoms with Gasteiger partial charge in [-0.05, 0) is 36.4 Å². The summed E-state index contributed by atoms with van der Waals surface area (Å²) >= 11 is 0. The van der Waals surface area contributed by atoms with Crippen molar-refractivity contribution in [2.24, 2.45) is 5.10 Å². The third-order valence-corrected chi connectivity index (χ3v) is 3.19. The summed E-state index contributed by atoms with van der Waals surface area (Å²) in [5.74, 6) is -2.15. The van der Waals surface area contributed by atoms with E-state index in [1.165, 1.54) is 24.3 Å². The normalized spacial score (nSPS) is 13.8. The number of carbonyl (C=O) groups excluding carboxylic acids is 3. The van der Waals surface area contributed by atoms with Gasteiger partial charge in [0.2, 0.25) is 5.78 Å². The van der Waals surface area contributed by atoms with Crippen molar-refractivity contribution in [3.63, 3.8) is 0 Å². The van der Waals surface area contributed by atoms with Crippen LogP contribution in [0.5, 0.6) is 0 Å². The number of hydrogen-bond donors (Lipinski definition) is 0. The second-order valence-corrected chi connectivity index (χ2v) is 4.58. The lowest BCUT2D eigenvalue weighted by atomic mass is 10.1. The van der Waals surface area contributed by atoms with Crippen LogP contribution in [0.2, 0.25) is 0 Å². The quantitative estimate of drug-likeness (QED) is 0.496. The van der Waals surface area contributed by atoms with Crippen LogP contribution in [0.1, 0.15) is 31.1 Å². The lowest BCUT2D eigenvalue weighted by Gasteiger charge is -2.05. The molecule has 2 aromatic carbocycles. The Morgan fingerprint density at radius 2 is 1.50 bits per heavy atom. The maximum atomic E-state index is 12.8. The molecule has 0 aromatic heterocycles. The van der Waals surface area contributed by atoms with E-state index in [9.17, 15) is 18.8 Å². The van der Waals surface area contributed by atoms with E-state index in [1.54, 1.807) is 12.1 Å². The molecule has 0 saturated carbocycles.